The molecule has 1 aromatic rings. The SMILES string of the molecule is COC(CNc1ccc(Cl)cc1C(N)=O)C(=O)O. The topological polar surface area (TPSA) is 102 Å². The molecule has 0 fully saturated rings. The number of ether oxygens (including phenoxy) is 1. The molecule has 0 aliphatic carbocycles. The molecule has 0 aromatic heterocycles. The minimum Gasteiger partial charge on any atom is -0.479 e. The fourth-order valence-corrected chi connectivity index (χ4v) is 1.52. The molecule has 1 aromatic carbocycles. The highest BCUT2D eigenvalue weighted by molar-refractivity contribution is 6.31. The number of anilines is 1. The van der Waals surface area contributed by atoms with E-state index in [1.165, 1.54) is 13.2 Å². The predicted molar refractivity (Wildman–Crippen MR) is 66.9 cm³/mol. The molecule has 7 heteroatoms. The van der Waals surface area contributed by atoms with Crippen LogP contribution in [0.3, 0.4) is 0 Å². The number of rotatable bonds is 6. The molecular weight excluding hydrogens is 260 g/mol. The van der Waals surface area contributed by atoms with Crippen LogP contribution in [-0.4, -0.2) is 36.7 Å². The Kier molecular flexibility index (Phi) is 4.94. The van der Waals surface area contributed by atoms with Crippen LogP contribution < -0.4 is 11.1 Å². The van der Waals surface area contributed by atoms with E-state index < -0.39 is 18.0 Å². The van der Waals surface area contributed by atoms with E-state index in [9.17, 15) is 9.59 Å². The molecule has 1 amide bonds. The van der Waals surface area contributed by atoms with Gasteiger partial charge in [-0.15, -0.1) is 0 Å². The number of nitrogens with one attached hydrogen (secondary N) is 1. The van der Waals surface area contributed by atoms with Crippen molar-refractivity contribution in [2.75, 3.05) is 19.0 Å². The van der Waals surface area contributed by atoms with Crippen molar-refractivity contribution in [3.63, 3.8) is 0 Å². The van der Waals surface area contributed by atoms with Gasteiger partial charge in [0.1, 0.15) is 0 Å². The van der Waals surface area contributed by atoms with Crippen molar-refractivity contribution < 1.29 is 19.4 Å². The van der Waals surface area contributed by atoms with Crippen LogP contribution in [-0.2, 0) is 9.53 Å². The number of carboxylic acids is 1. The van der Waals surface area contributed by atoms with E-state index in [1.54, 1.807) is 12.1 Å². The van der Waals surface area contributed by atoms with Gasteiger partial charge >= 0.3 is 5.97 Å². The summed E-state index contributed by atoms with van der Waals surface area (Å²) < 4.78 is 4.75. The number of carboxylic acid groups (broad SMARTS) is 1. The van der Waals surface area contributed by atoms with Crippen molar-refractivity contribution in [1.29, 1.82) is 0 Å². The summed E-state index contributed by atoms with van der Waals surface area (Å²) in [4.78, 5) is 21.9. The minimum atomic E-state index is -1.10. The minimum absolute atomic E-state index is 0.00768. The lowest BCUT2D eigenvalue weighted by molar-refractivity contribution is -0.147. The molecule has 0 aliphatic rings. The third kappa shape index (κ3) is 3.61. The van der Waals surface area contributed by atoms with Crippen LogP contribution in [0.25, 0.3) is 0 Å². The number of nitrogens with two attached hydrogens (primary N) is 1. The van der Waals surface area contributed by atoms with Gasteiger partial charge in [-0.05, 0) is 18.2 Å². The van der Waals surface area contributed by atoms with Gasteiger partial charge in [-0.3, -0.25) is 4.79 Å². The smallest absolute Gasteiger partial charge is 0.334 e. The Bertz CT molecular complexity index is 464. The molecule has 0 spiro atoms. The van der Waals surface area contributed by atoms with Crippen molar-refractivity contribution >= 4 is 29.2 Å². The van der Waals surface area contributed by atoms with Crippen molar-refractivity contribution in [3.8, 4) is 0 Å². The number of carbonyl (C=O) groups excluding carboxylic acids is 1. The van der Waals surface area contributed by atoms with Gasteiger partial charge in [-0.25, -0.2) is 4.79 Å². The number of amides is 1. The van der Waals surface area contributed by atoms with E-state index in [2.05, 4.69) is 5.32 Å². The number of aliphatic carboxylic acids is 1. The van der Waals surface area contributed by atoms with Gasteiger partial charge in [0.2, 0.25) is 0 Å². The quantitative estimate of drug-likeness (QED) is 0.716. The summed E-state index contributed by atoms with van der Waals surface area (Å²) in [5.74, 6) is -1.75. The molecule has 1 unspecified atom stereocenters. The summed E-state index contributed by atoms with van der Waals surface area (Å²) in [5, 5.41) is 12.0. The average molecular weight is 273 g/mol. The Morgan fingerprint density at radius 1 is 1.56 bits per heavy atom. The molecule has 0 radical (unpaired) electrons. The van der Waals surface area contributed by atoms with E-state index in [1.807, 2.05) is 0 Å². The molecule has 0 bridgehead atoms. The molecule has 0 saturated carbocycles. The monoisotopic (exact) mass is 272 g/mol. The summed E-state index contributed by atoms with van der Waals surface area (Å²) in [6.07, 6.45) is -1.01. The zero-order chi connectivity index (χ0) is 13.7. The third-order valence-electron chi connectivity index (χ3n) is 2.28. The van der Waals surface area contributed by atoms with Crippen molar-refractivity contribution in [2.24, 2.45) is 5.73 Å². The van der Waals surface area contributed by atoms with Crippen LogP contribution in [0.2, 0.25) is 5.02 Å². The molecule has 0 saturated heterocycles. The maximum Gasteiger partial charge on any atom is 0.334 e. The first-order chi connectivity index (χ1) is 8.45. The molecule has 0 aliphatic heterocycles. The summed E-state index contributed by atoms with van der Waals surface area (Å²) in [6, 6.07) is 4.53. The number of hydrogen-bond acceptors (Lipinski definition) is 4. The molecule has 4 N–H and O–H groups in total. The van der Waals surface area contributed by atoms with E-state index >= 15 is 0 Å². The van der Waals surface area contributed by atoms with E-state index in [0.29, 0.717) is 10.7 Å². The van der Waals surface area contributed by atoms with Gasteiger partial charge in [0.05, 0.1) is 12.1 Å². The van der Waals surface area contributed by atoms with Crippen LogP contribution in [0, 0.1) is 0 Å². The van der Waals surface area contributed by atoms with Crippen molar-refractivity contribution in [2.45, 2.75) is 6.10 Å². The summed E-state index contributed by atoms with van der Waals surface area (Å²) >= 11 is 5.75. The largest absolute Gasteiger partial charge is 0.479 e. The van der Waals surface area contributed by atoms with E-state index in [-0.39, 0.29) is 12.1 Å². The Morgan fingerprint density at radius 2 is 2.22 bits per heavy atom. The highest BCUT2D eigenvalue weighted by Gasteiger charge is 2.17. The van der Waals surface area contributed by atoms with Crippen molar-refractivity contribution in [1.82, 2.24) is 0 Å². The first-order valence-corrected chi connectivity index (χ1v) is 5.42. The molecular formula is C11H13ClN2O4. The van der Waals surface area contributed by atoms with Gasteiger partial charge in [-0.1, -0.05) is 11.6 Å². The molecule has 1 atom stereocenters. The normalized spacial score (nSPS) is 11.9. The molecule has 18 heavy (non-hydrogen) atoms. The van der Waals surface area contributed by atoms with Gasteiger partial charge < -0.3 is 20.9 Å². The van der Waals surface area contributed by atoms with Crippen LogP contribution in [0.15, 0.2) is 18.2 Å². The summed E-state index contributed by atoms with van der Waals surface area (Å²) in [5.41, 5.74) is 5.81. The summed E-state index contributed by atoms with van der Waals surface area (Å²) in [7, 11) is 1.29. The Morgan fingerprint density at radius 3 is 2.72 bits per heavy atom. The van der Waals surface area contributed by atoms with Crippen LogP contribution in [0.5, 0.6) is 0 Å². The number of primary amides is 1. The first kappa shape index (κ1) is 14.3. The lowest BCUT2D eigenvalue weighted by Gasteiger charge is -2.14. The number of halogens is 1. The number of methoxy groups -OCH3 is 1. The fourth-order valence-electron chi connectivity index (χ4n) is 1.35. The third-order valence-corrected chi connectivity index (χ3v) is 2.52. The van der Waals surface area contributed by atoms with Crippen molar-refractivity contribution in [3.05, 3.63) is 28.8 Å². The van der Waals surface area contributed by atoms with Gasteiger partial charge in [0.25, 0.3) is 5.91 Å². The standard InChI is InChI=1S/C11H13ClN2O4/c1-18-9(11(16)17)5-14-8-3-2-6(12)4-7(8)10(13)15/h2-4,9,14H,5H2,1H3,(H2,13,15)(H,16,17). The predicted octanol–water partition coefficient (Wildman–Crippen LogP) is 0.950. The van der Waals surface area contributed by atoms with E-state index in [4.69, 9.17) is 27.2 Å². The van der Waals surface area contributed by atoms with Gasteiger partial charge in [0, 0.05) is 17.8 Å². The Hall–Kier alpha value is -1.79. The zero-order valence-electron chi connectivity index (χ0n) is 9.64. The fraction of sp³-hybridized carbons (Fsp3) is 0.273. The van der Waals surface area contributed by atoms with Gasteiger partial charge in [0.15, 0.2) is 6.10 Å². The second-order valence-electron chi connectivity index (χ2n) is 3.50. The Labute approximate surface area is 109 Å². The number of hydrogen-bond donors (Lipinski definition) is 3. The highest BCUT2D eigenvalue weighted by Crippen LogP contribution is 2.20. The molecule has 0 heterocycles. The van der Waals surface area contributed by atoms with Gasteiger partial charge in [-0.2, -0.15) is 0 Å². The first-order valence-electron chi connectivity index (χ1n) is 5.04. The summed E-state index contributed by atoms with van der Waals surface area (Å²) in [6.45, 7) is 0.00768. The number of carbonyl (C=O) groups is 2. The average Bonchev–Trinajstić information content (AvgIpc) is 2.30. The molecule has 98 valence electrons. The number of benzene rings is 1. The van der Waals surface area contributed by atoms with Crippen LogP contribution in [0.1, 0.15) is 10.4 Å². The Balaban J connectivity index is 2.84. The molecule has 1 rings (SSSR count). The lowest BCUT2D eigenvalue weighted by atomic mass is 10.1. The maximum absolute atomic E-state index is 11.2. The highest BCUT2D eigenvalue weighted by atomic mass is 35.5. The maximum atomic E-state index is 11.2. The van der Waals surface area contributed by atoms with E-state index in [0.717, 1.165) is 0 Å². The second-order valence-corrected chi connectivity index (χ2v) is 3.93. The molecule has 6 nitrogen and oxygen atoms in total. The lowest BCUT2D eigenvalue weighted by Crippen LogP contribution is -2.31. The van der Waals surface area contributed by atoms with Crippen LogP contribution >= 0.6 is 11.6 Å². The zero-order valence-corrected chi connectivity index (χ0v) is 10.4. The van der Waals surface area contributed by atoms with Crippen LogP contribution in [0.4, 0.5) is 5.69 Å². The second kappa shape index (κ2) is 6.23.